The fraction of sp³-hybridized carbons (Fsp3) is 0.250. The van der Waals surface area contributed by atoms with Crippen LogP contribution in [0.1, 0.15) is 20.3 Å². The van der Waals surface area contributed by atoms with Crippen molar-refractivity contribution in [1.29, 1.82) is 0 Å². The zero-order chi connectivity index (χ0) is 18.7. The molecule has 0 saturated heterocycles. The molecule has 7 nitrogen and oxygen atoms in total. The number of aromatic hydroxyl groups is 1. The largest absolute Gasteiger partial charge is 0.508 e. The van der Waals surface area contributed by atoms with Gasteiger partial charge in [-0.15, -0.1) is 0 Å². The summed E-state index contributed by atoms with van der Waals surface area (Å²) >= 11 is 0. The standard InChI is InChI=1S/C16H19NO6S2/c1-3-12(2)17-24(19,20)15-10-6-14(7-11-15)23-25(21,22)16-8-4-13(18)5-9-16/h4-12,17-18H,3H2,1-2H3. The summed E-state index contributed by atoms with van der Waals surface area (Å²) in [6.07, 6.45) is 0.644. The number of nitrogens with one attached hydrogen (secondary N) is 1. The van der Waals surface area contributed by atoms with Crippen molar-refractivity contribution in [1.82, 2.24) is 4.72 Å². The molecule has 25 heavy (non-hydrogen) atoms. The summed E-state index contributed by atoms with van der Waals surface area (Å²) in [5, 5.41) is 9.20. The Bertz CT molecular complexity index is 920. The molecule has 1 unspecified atom stereocenters. The summed E-state index contributed by atoms with van der Waals surface area (Å²) in [4.78, 5) is -0.109. The van der Waals surface area contributed by atoms with E-state index in [0.717, 1.165) is 0 Å². The topological polar surface area (TPSA) is 110 Å². The molecule has 0 aliphatic heterocycles. The van der Waals surface area contributed by atoms with Gasteiger partial charge in [0.1, 0.15) is 16.4 Å². The Balaban J connectivity index is 2.19. The van der Waals surface area contributed by atoms with E-state index < -0.39 is 20.1 Å². The van der Waals surface area contributed by atoms with Crippen LogP contribution in [0.2, 0.25) is 0 Å². The van der Waals surface area contributed by atoms with E-state index >= 15 is 0 Å². The normalized spacial score (nSPS) is 13.4. The summed E-state index contributed by atoms with van der Waals surface area (Å²) in [7, 11) is -7.75. The van der Waals surface area contributed by atoms with E-state index in [1.165, 1.54) is 48.5 Å². The van der Waals surface area contributed by atoms with Crippen LogP contribution in [0.25, 0.3) is 0 Å². The summed E-state index contributed by atoms with van der Waals surface area (Å²) in [5.41, 5.74) is 0. The summed E-state index contributed by atoms with van der Waals surface area (Å²) in [6, 6.07) is 9.74. The summed E-state index contributed by atoms with van der Waals surface area (Å²) in [6.45, 7) is 3.61. The van der Waals surface area contributed by atoms with Gasteiger partial charge in [0, 0.05) is 6.04 Å². The maximum absolute atomic E-state index is 12.2. The van der Waals surface area contributed by atoms with E-state index in [2.05, 4.69) is 4.72 Å². The highest BCUT2D eigenvalue weighted by Crippen LogP contribution is 2.22. The molecule has 136 valence electrons. The number of phenolic OH excluding ortho intramolecular Hbond substituents is 1. The number of sulfonamides is 1. The average molecular weight is 385 g/mol. The predicted molar refractivity (Wildman–Crippen MR) is 92.4 cm³/mol. The molecule has 0 amide bonds. The van der Waals surface area contributed by atoms with Crippen molar-refractivity contribution in [3.05, 3.63) is 48.5 Å². The number of hydrogen-bond donors (Lipinski definition) is 2. The SMILES string of the molecule is CCC(C)NS(=O)(=O)c1ccc(OS(=O)(=O)c2ccc(O)cc2)cc1. The third-order valence-electron chi connectivity index (χ3n) is 3.43. The zero-order valence-corrected chi connectivity index (χ0v) is 15.3. The first-order chi connectivity index (χ1) is 11.6. The fourth-order valence-corrected chi connectivity index (χ4v) is 4.14. The van der Waals surface area contributed by atoms with Crippen LogP contribution in [0.15, 0.2) is 58.3 Å². The Labute approximate surface area is 147 Å². The molecule has 0 spiro atoms. The van der Waals surface area contributed by atoms with Gasteiger partial charge in [0.15, 0.2) is 0 Å². The molecule has 2 N–H and O–H groups in total. The maximum atomic E-state index is 12.2. The van der Waals surface area contributed by atoms with E-state index in [0.29, 0.717) is 6.42 Å². The van der Waals surface area contributed by atoms with Crippen molar-refractivity contribution < 1.29 is 26.1 Å². The quantitative estimate of drug-likeness (QED) is 0.707. The summed E-state index contributed by atoms with van der Waals surface area (Å²) < 4.78 is 56.1. The van der Waals surface area contributed by atoms with Gasteiger partial charge in [-0.3, -0.25) is 0 Å². The van der Waals surface area contributed by atoms with Gasteiger partial charge in [0.2, 0.25) is 10.0 Å². The molecule has 0 aromatic heterocycles. The number of benzene rings is 2. The first-order valence-corrected chi connectivity index (χ1v) is 10.4. The van der Waals surface area contributed by atoms with Crippen molar-refractivity contribution >= 4 is 20.1 Å². The molecule has 0 aliphatic carbocycles. The van der Waals surface area contributed by atoms with E-state index in [1.54, 1.807) is 6.92 Å². The lowest BCUT2D eigenvalue weighted by Crippen LogP contribution is -2.31. The second-order valence-electron chi connectivity index (χ2n) is 5.43. The van der Waals surface area contributed by atoms with Crippen LogP contribution in [0.5, 0.6) is 11.5 Å². The number of hydrogen-bond acceptors (Lipinski definition) is 6. The lowest BCUT2D eigenvalue weighted by molar-refractivity contribution is 0.473. The van der Waals surface area contributed by atoms with Crippen molar-refractivity contribution in [3.8, 4) is 11.5 Å². The van der Waals surface area contributed by atoms with Crippen molar-refractivity contribution in [2.24, 2.45) is 0 Å². The minimum atomic E-state index is -4.08. The third-order valence-corrected chi connectivity index (χ3v) is 6.30. The molecule has 0 heterocycles. The predicted octanol–water partition coefficient (Wildman–Crippen LogP) is 2.24. The van der Waals surface area contributed by atoms with Crippen LogP contribution >= 0.6 is 0 Å². The molecule has 1 atom stereocenters. The zero-order valence-electron chi connectivity index (χ0n) is 13.7. The minimum absolute atomic E-state index is 0.0159. The highest BCUT2D eigenvalue weighted by molar-refractivity contribution is 7.89. The number of rotatable bonds is 7. The van der Waals surface area contributed by atoms with Gasteiger partial charge >= 0.3 is 10.1 Å². The molecule has 9 heteroatoms. The van der Waals surface area contributed by atoms with Gasteiger partial charge in [-0.2, -0.15) is 8.42 Å². The van der Waals surface area contributed by atoms with E-state index in [4.69, 9.17) is 4.18 Å². The molecule has 0 aliphatic rings. The van der Waals surface area contributed by atoms with E-state index in [-0.39, 0.29) is 27.3 Å². The van der Waals surface area contributed by atoms with Crippen molar-refractivity contribution in [2.45, 2.75) is 36.1 Å². The molecule has 0 radical (unpaired) electrons. The molecule has 2 rings (SSSR count). The van der Waals surface area contributed by atoms with Crippen molar-refractivity contribution in [2.75, 3.05) is 0 Å². The average Bonchev–Trinajstić information content (AvgIpc) is 2.55. The Morgan fingerprint density at radius 3 is 2.00 bits per heavy atom. The highest BCUT2D eigenvalue weighted by atomic mass is 32.2. The van der Waals surface area contributed by atoms with Crippen LogP contribution in [0.3, 0.4) is 0 Å². The monoisotopic (exact) mass is 385 g/mol. The second-order valence-corrected chi connectivity index (χ2v) is 8.69. The maximum Gasteiger partial charge on any atom is 0.339 e. The van der Waals surface area contributed by atoms with Gasteiger partial charge in [0.05, 0.1) is 4.90 Å². The first-order valence-electron chi connectivity index (χ1n) is 7.50. The van der Waals surface area contributed by atoms with Crippen molar-refractivity contribution in [3.63, 3.8) is 0 Å². The van der Waals surface area contributed by atoms with E-state index in [1.807, 2.05) is 6.92 Å². The first kappa shape index (κ1) is 19.2. The lowest BCUT2D eigenvalue weighted by atomic mass is 10.3. The molecule has 2 aromatic rings. The highest BCUT2D eigenvalue weighted by Gasteiger charge is 2.19. The molecular weight excluding hydrogens is 366 g/mol. The van der Waals surface area contributed by atoms with Gasteiger partial charge in [-0.05, 0) is 61.9 Å². The van der Waals surface area contributed by atoms with Crippen LogP contribution in [0, 0.1) is 0 Å². The molecule has 0 bridgehead atoms. The second kappa shape index (κ2) is 7.42. The van der Waals surface area contributed by atoms with Crippen LogP contribution in [0.4, 0.5) is 0 Å². The van der Waals surface area contributed by atoms with Gasteiger partial charge in [0.25, 0.3) is 0 Å². The summed E-state index contributed by atoms with van der Waals surface area (Å²) in [5.74, 6) is -0.0853. The Kier molecular flexibility index (Phi) is 5.71. The lowest BCUT2D eigenvalue weighted by Gasteiger charge is -2.12. The van der Waals surface area contributed by atoms with E-state index in [9.17, 15) is 21.9 Å². The fourth-order valence-electron chi connectivity index (χ4n) is 1.88. The number of phenols is 1. The molecule has 0 saturated carbocycles. The Hall–Kier alpha value is -2.10. The van der Waals surface area contributed by atoms with Gasteiger partial charge < -0.3 is 9.29 Å². The third kappa shape index (κ3) is 4.94. The Morgan fingerprint density at radius 2 is 1.48 bits per heavy atom. The van der Waals surface area contributed by atoms with Crippen LogP contribution < -0.4 is 8.91 Å². The minimum Gasteiger partial charge on any atom is -0.508 e. The molecular formula is C16H19NO6S2. The van der Waals surface area contributed by atoms with Crippen LogP contribution in [-0.2, 0) is 20.1 Å². The smallest absolute Gasteiger partial charge is 0.339 e. The van der Waals surface area contributed by atoms with Gasteiger partial charge in [-0.25, -0.2) is 13.1 Å². The van der Waals surface area contributed by atoms with Crippen LogP contribution in [-0.4, -0.2) is 28.0 Å². The molecule has 0 fully saturated rings. The Morgan fingerprint density at radius 1 is 0.960 bits per heavy atom. The van der Waals surface area contributed by atoms with Gasteiger partial charge in [-0.1, -0.05) is 6.92 Å². The molecule has 2 aromatic carbocycles.